The number of carbonyl (C=O) groups excluding carboxylic acids is 2. The molecule has 2 aromatic carbocycles. The Labute approximate surface area is 165 Å². The molecule has 0 amide bonds. The summed E-state index contributed by atoms with van der Waals surface area (Å²) in [5.41, 5.74) is 1.74. The zero-order valence-corrected chi connectivity index (χ0v) is 15.6. The minimum absolute atomic E-state index is 0.0612. The van der Waals surface area contributed by atoms with Gasteiger partial charge in [-0.3, -0.25) is 4.79 Å². The Bertz CT molecular complexity index is 1140. The molecule has 8 nitrogen and oxygen atoms in total. The second-order valence-electron chi connectivity index (χ2n) is 6.51. The van der Waals surface area contributed by atoms with Crippen LogP contribution in [0.2, 0.25) is 0 Å². The molecule has 3 aromatic rings. The van der Waals surface area contributed by atoms with E-state index in [0.717, 1.165) is 5.56 Å². The molecule has 0 bridgehead atoms. The number of allylic oxidation sites excluding steroid dienone is 1. The van der Waals surface area contributed by atoms with E-state index in [1.807, 2.05) is 6.92 Å². The number of fused-ring (bicyclic) bond motifs is 1. The topological polar surface area (TPSA) is 99.0 Å². The van der Waals surface area contributed by atoms with Crippen molar-refractivity contribution < 1.29 is 18.7 Å². The van der Waals surface area contributed by atoms with E-state index < -0.39 is 23.6 Å². The van der Waals surface area contributed by atoms with Crippen molar-refractivity contribution in [3.8, 4) is 0 Å². The summed E-state index contributed by atoms with van der Waals surface area (Å²) in [6, 6.07) is 11.7. The number of anilines is 1. The standard InChI is InChI=1S/C20H16FN5O3/c1-11-6-8-12(9-7-11)18(27)15-16(19(28)29-2)22-20-23-24-25-26(20)17(15)13-4-3-5-14(21)10-13/h3-10,17H,1-2H3,(H,22,23,25). The Morgan fingerprint density at radius 3 is 2.62 bits per heavy atom. The molecule has 146 valence electrons. The van der Waals surface area contributed by atoms with E-state index in [1.165, 1.54) is 30.0 Å². The predicted molar refractivity (Wildman–Crippen MR) is 101 cm³/mol. The van der Waals surface area contributed by atoms with Gasteiger partial charge in [-0.05, 0) is 35.0 Å². The molecule has 0 saturated carbocycles. The number of ketones is 1. The highest BCUT2D eigenvalue weighted by Crippen LogP contribution is 2.36. The van der Waals surface area contributed by atoms with Crippen molar-refractivity contribution in [3.63, 3.8) is 0 Å². The number of ether oxygens (including phenoxy) is 1. The third-order valence-electron chi connectivity index (χ3n) is 4.63. The molecule has 29 heavy (non-hydrogen) atoms. The number of hydrogen-bond donors (Lipinski definition) is 1. The van der Waals surface area contributed by atoms with Gasteiger partial charge < -0.3 is 10.1 Å². The van der Waals surface area contributed by atoms with Crippen LogP contribution in [0.5, 0.6) is 0 Å². The first kappa shape index (κ1) is 18.5. The summed E-state index contributed by atoms with van der Waals surface area (Å²) in [7, 11) is 1.21. The van der Waals surface area contributed by atoms with Crippen molar-refractivity contribution in [1.82, 2.24) is 20.2 Å². The number of methoxy groups -OCH3 is 1. The van der Waals surface area contributed by atoms with Crippen molar-refractivity contribution in [1.29, 1.82) is 0 Å². The van der Waals surface area contributed by atoms with Gasteiger partial charge in [0.1, 0.15) is 17.6 Å². The van der Waals surface area contributed by atoms with Gasteiger partial charge in [-0.1, -0.05) is 47.1 Å². The molecule has 0 fully saturated rings. The van der Waals surface area contributed by atoms with Crippen LogP contribution in [0, 0.1) is 12.7 Å². The van der Waals surface area contributed by atoms with Gasteiger partial charge in [-0.2, -0.15) is 4.68 Å². The number of nitrogens with zero attached hydrogens (tertiary/aromatic N) is 4. The molecule has 0 saturated heterocycles. The van der Waals surface area contributed by atoms with Gasteiger partial charge in [0, 0.05) is 5.56 Å². The molecule has 1 aliphatic heterocycles. The van der Waals surface area contributed by atoms with Gasteiger partial charge in [0.05, 0.1) is 12.7 Å². The molecule has 0 radical (unpaired) electrons. The lowest BCUT2D eigenvalue weighted by atomic mass is 9.89. The summed E-state index contributed by atoms with van der Waals surface area (Å²) in [6.45, 7) is 1.90. The first-order chi connectivity index (χ1) is 14.0. The van der Waals surface area contributed by atoms with Crippen LogP contribution < -0.4 is 5.32 Å². The summed E-state index contributed by atoms with van der Waals surface area (Å²) < 4.78 is 20.2. The molecule has 1 aromatic heterocycles. The highest BCUT2D eigenvalue weighted by molar-refractivity contribution is 6.14. The van der Waals surface area contributed by atoms with E-state index in [2.05, 4.69) is 20.8 Å². The van der Waals surface area contributed by atoms with Crippen LogP contribution in [-0.4, -0.2) is 39.1 Å². The number of hydrogen-bond acceptors (Lipinski definition) is 7. The summed E-state index contributed by atoms with van der Waals surface area (Å²) in [4.78, 5) is 26.0. The average molecular weight is 393 g/mol. The lowest BCUT2D eigenvalue weighted by Gasteiger charge is -2.28. The monoisotopic (exact) mass is 393 g/mol. The Morgan fingerprint density at radius 2 is 1.93 bits per heavy atom. The maximum atomic E-state index is 14.0. The summed E-state index contributed by atoms with van der Waals surface area (Å²) >= 11 is 0. The quantitative estimate of drug-likeness (QED) is 0.537. The molecule has 1 atom stereocenters. The SMILES string of the molecule is COC(=O)C1=C(C(=O)c2ccc(C)cc2)C(c2cccc(F)c2)n2nnnc2N1. The molecule has 9 heteroatoms. The van der Waals surface area contributed by atoms with Crippen LogP contribution >= 0.6 is 0 Å². The molecule has 2 heterocycles. The number of nitrogens with one attached hydrogen (secondary N) is 1. The van der Waals surface area contributed by atoms with Gasteiger partial charge in [-0.15, -0.1) is 0 Å². The number of benzene rings is 2. The highest BCUT2D eigenvalue weighted by Gasteiger charge is 2.38. The number of Topliss-reactive ketones (excluding diaryl/α,β-unsaturated/α-hetero) is 1. The molecular weight excluding hydrogens is 377 g/mol. The molecule has 0 spiro atoms. The van der Waals surface area contributed by atoms with Crippen molar-refractivity contribution in [2.24, 2.45) is 0 Å². The predicted octanol–water partition coefficient (Wildman–Crippen LogP) is 2.45. The van der Waals surface area contributed by atoms with Crippen LogP contribution in [0.25, 0.3) is 0 Å². The fourth-order valence-electron chi connectivity index (χ4n) is 3.23. The van der Waals surface area contributed by atoms with Crippen LogP contribution in [0.3, 0.4) is 0 Å². The molecule has 1 N–H and O–H groups in total. The van der Waals surface area contributed by atoms with Gasteiger partial charge >= 0.3 is 5.97 Å². The fraction of sp³-hybridized carbons (Fsp3) is 0.150. The zero-order valence-electron chi connectivity index (χ0n) is 15.6. The maximum Gasteiger partial charge on any atom is 0.355 e. The summed E-state index contributed by atoms with van der Waals surface area (Å²) in [6.07, 6.45) is 0. The Kier molecular flexibility index (Phi) is 4.63. The number of carbonyl (C=O) groups is 2. The minimum atomic E-state index is -0.917. The highest BCUT2D eigenvalue weighted by atomic mass is 19.1. The third-order valence-corrected chi connectivity index (χ3v) is 4.63. The van der Waals surface area contributed by atoms with E-state index >= 15 is 0 Å². The van der Waals surface area contributed by atoms with E-state index in [4.69, 9.17) is 4.74 Å². The van der Waals surface area contributed by atoms with Gasteiger partial charge in [-0.25, -0.2) is 9.18 Å². The third kappa shape index (κ3) is 3.27. The summed E-state index contributed by atoms with van der Waals surface area (Å²) in [5, 5.41) is 14.2. The normalized spacial score (nSPS) is 15.5. The average Bonchev–Trinajstić information content (AvgIpc) is 3.20. The number of tetrazole rings is 1. The molecule has 4 rings (SSSR count). The number of halogens is 1. The Balaban J connectivity index is 1.95. The van der Waals surface area contributed by atoms with E-state index in [9.17, 15) is 14.0 Å². The van der Waals surface area contributed by atoms with Gasteiger partial charge in [0.15, 0.2) is 5.78 Å². The lowest BCUT2D eigenvalue weighted by molar-refractivity contribution is -0.136. The van der Waals surface area contributed by atoms with Crippen molar-refractivity contribution in [3.05, 3.63) is 82.3 Å². The second-order valence-corrected chi connectivity index (χ2v) is 6.51. The smallest absolute Gasteiger partial charge is 0.355 e. The minimum Gasteiger partial charge on any atom is -0.464 e. The largest absolute Gasteiger partial charge is 0.464 e. The second kappa shape index (κ2) is 7.27. The number of esters is 1. The molecule has 1 aliphatic rings. The van der Waals surface area contributed by atoms with Crippen LogP contribution in [-0.2, 0) is 9.53 Å². The summed E-state index contributed by atoms with van der Waals surface area (Å²) in [5.74, 6) is -1.53. The maximum absolute atomic E-state index is 14.0. The van der Waals surface area contributed by atoms with E-state index in [1.54, 1.807) is 30.3 Å². The van der Waals surface area contributed by atoms with E-state index in [-0.39, 0.29) is 17.2 Å². The van der Waals surface area contributed by atoms with Gasteiger partial charge in [0.25, 0.3) is 0 Å². The molecular formula is C20H16FN5O3. The Hall–Kier alpha value is -3.88. The number of aromatic nitrogens is 4. The number of rotatable bonds is 4. The van der Waals surface area contributed by atoms with Crippen LogP contribution in [0.15, 0.2) is 59.8 Å². The van der Waals surface area contributed by atoms with Crippen molar-refractivity contribution in [2.75, 3.05) is 12.4 Å². The fourth-order valence-corrected chi connectivity index (χ4v) is 3.23. The lowest BCUT2D eigenvalue weighted by Crippen LogP contribution is -2.33. The number of aryl methyl sites for hydroxylation is 1. The van der Waals surface area contributed by atoms with Crippen molar-refractivity contribution >= 4 is 17.7 Å². The molecule has 0 aliphatic carbocycles. The van der Waals surface area contributed by atoms with Gasteiger partial charge in [0.2, 0.25) is 5.95 Å². The Morgan fingerprint density at radius 1 is 1.17 bits per heavy atom. The first-order valence-corrected chi connectivity index (χ1v) is 8.74. The van der Waals surface area contributed by atoms with Crippen LogP contribution in [0.4, 0.5) is 10.3 Å². The van der Waals surface area contributed by atoms with Crippen LogP contribution in [0.1, 0.15) is 27.5 Å². The zero-order chi connectivity index (χ0) is 20.5. The van der Waals surface area contributed by atoms with E-state index in [0.29, 0.717) is 11.1 Å². The molecule has 1 unspecified atom stereocenters. The van der Waals surface area contributed by atoms with Crippen molar-refractivity contribution in [2.45, 2.75) is 13.0 Å². The first-order valence-electron chi connectivity index (χ1n) is 8.74.